The minimum atomic E-state index is -3.95. The number of ketones is 2. The molecule has 0 aromatic heterocycles. The Morgan fingerprint density at radius 2 is 1.11 bits per heavy atom. The van der Waals surface area contributed by atoms with E-state index >= 15 is 0 Å². The Morgan fingerprint density at radius 3 is 1.56 bits per heavy atom. The number of likely N-dealkylation sites (tertiary alicyclic amines) is 1. The molecule has 1 saturated heterocycles. The number of carbonyl (C=O) groups excluding carboxylic acids is 3. The van der Waals surface area contributed by atoms with Crippen LogP contribution in [0.25, 0.3) is 0 Å². The van der Waals surface area contributed by atoms with E-state index in [1.165, 1.54) is 61.2 Å². The lowest BCUT2D eigenvalue weighted by molar-refractivity contribution is -0.187. The van der Waals surface area contributed by atoms with E-state index < -0.39 is 45.8 Å². The van der Waals surface area contributed by atoms with Crippen LogP contribution in [0.3, 0.4) is 0 Å². The van der Waals surface area contributed by atoms with E-state index in [4.69, 9.17) is 4.74 Å². The Balaban J connectivity index is 0.000000274. The molecule has 4 aromatic carbocycles. The second-order valence-electron chi connectivity index (χ2n) is 15.7. The number of piperidine rings is 1. The Labute approximate surface area is 356 Å². The largest absolute Gasteiger partial charge is 0.479 e. The molecule has 326 valence electrons. The first-order valence-electron chi connectivity index (χ1n) is 20.7. The molecule has 3 atom stereocenters. The first-order valence-corrected chi connectivity index (χ1v) is 20.7. The van der Waals surface area contributed by atoms with Crippen molar-refractivity contribution in [2.75, 3.05) is 26.2 Å². The fourth-order valence-corrected chi connectivity index (χ4v) is 8.11. The predicted octanol–water partition coefficient (Wildman–Crippen LogP) is 6.11. The molecular weight excluding hydrogens is 781 g/mol. The van der Waals surface area contributed by atoms with Gasteiger partial charge in [-0.1, -0.05) is 117 Å². The van der Waals surface area contributed by atoms with E-state index in [1.807, 2.05) is 30.3 Å². The first-order chi connectivity index (χ1) is 28.8. The minimum Gasteiger partial charge on any atom is -0.479 e. The SMILES string of the molecule is CCN(CC1CCN(C(=O)C2CCCCC2)CC1)C(C)Cc1ccc(Oc2ccccc2)cc1.O.O=C(O)C(O)(C(=O)c1ccccc1)C(O)(C(=O)O)C(=O)c1ccccc1. The van der Waals surface area contributed by atoms with Gasteiger partial charge in [0, 0.05) is 42.7 Å². The third-order valence-corrected chi connectivity index (χ3v) is 11.7. The van der Waals surface area contributed by atoms with Crippen LogP contribution in [0.15, 0.2) is 115 Å². The molecule has 3 unspecified atom stereocenters. The van der Waals surface area contributed by atoms with Gasteiger partial charge in [0.2, 0.25) is 17.5 Å². The lowest BCUT2D eigenvalue weighted by atomic mass is 9.73. The molecule has 1 aliphatic heterocycles. The third kappa shape index (κ3) is 11.6. The summed E-state index contributed by atoms with van der Waals surface area (Å²) in [5.41, 5.74) is -7.34. The summed E-state index contributed by atoms with van der Waals surface area (Å²) in [7, 11) is 0. The van der Waals surface area contributed by atoms with Gasteiger partial charge in [-0.05, 0) is 81.3 Å². The number of ether oxygens (including phenoxy) is 1. The first kappa shape index (κ1) is 47.9. The van der Waals surface area contributed by atoms with Crippen LogP contribution in [0.1, 0.15) is 85.1 Å². The number of hydrogen-bond donors (Lipinski definition) is 4. The summed E-state index contributed by atoms with van der Waals surface area (Å²) in [6.07, 6.45) is 9.33. The molecule has 1 amide bonds. The normalized spacial score (nSPS) is 17.0. The molecule has 61 heavy (non-hydrogen) atoms. The van der Waals surface area contributed by atoms with E-state index in [0.717, 1.165) is 94.0 Å². The van der Waals surface area contributed by atoms with Crippen molar-refractivity contribution in [3.05, 3.63) is 132 Å². The number of likely N-dealkylation sites (N-methyl/N-ethyl adjacent to an activating group) is 1. The fourth-order valence-electron chi connectivity index (χ4n) is 8.11. The Hall–Kier alpha value is -5.73. The molecule has 2 fully saturated rings. The van der Waals surface area contributed by atoms with Crippen LogP contribution in [0.5, 0.6) is 11.5 Å². The van der Waals surface area contributed by atoms with E-state index in [2.05, 4.69) is 47.9 Å². The summed E-state index contributed by atoms with van der Waals surface area (Å²) in [6.45, 7) is 8.73. The van der Waals surface area contributed by atoms with Crippen LogP contribution in [0.2, 0.25) is 0 Å². The maximum Gasteiger partial charge on any atom is 0.348 e. The number of para-hydroxylation sites is 1. The smallest absolute Gasteiger partial charge is 0.348 e. The quantitative estimate of drug-likeness (QED) is 0.0747. The summed E-state index contributed by atoms with van der Waals surface area (Å²) in [4.78, 5) is 66.2. The number of Topliss-reactive ketones (excluding diaryl/α,β-unsaturated/α-hetero) is 2. The molecule has 1 saturated carbocycles. The molecule has 13 heteroatoms. The highest BCUT2D eigenvalue weighted by molar-refractivity contribution is 6.28. The second kappa shape index (κ2) is 22.2. The zero-order valence-corrected chi connectivity index (χ0v) is 34.8. The summed E-state index contributed by atoms with van der Waals surface area (Å²) < 4.78 is 5.93. The number of nitrogens with zero attached hydrogens (tertiary/aromatic N) is 2. The van der Waals surface area contributed by atoms with Crippen molar-refractivity contribution in [2.45, 2.75) is 82.5 Å². The van der Waals surface area contributed by atoms with Crippen LogP contribution in [-0.2, 0) is 20.8 Å². The molecule has 6 rings (SSSR count). The topological polar surface area (TPSA) is 213 Å². The number of carboxylic acid groups (broad SMARTS) is 2. The Morgan fingerprint density at radius 1 is 0.672 bits per heavy atom. The van der Waals surface area contributed by atoms with Crippen molar-refractivity contribution >= 4 is 29.4 Å². The van der Waals surface area contributed by atoms with E-state index in [1.54, 1.807) is 0 Å². The van der Waals surface area contributed by atoms with Gasteiger partial charge in [-0.15, -0.1) is 0 Å². The van der Waals surface area contributed by atoms with Crippen molar-refractivity contribution in [1.29, 1.82) is 0 Å². The number of aliphatic hydroxyl groups is 2. The predicted molar refractivity (Wildman–Crippen MR) is 230 cm³/mol. The zero-order chi connectivity index (χ0) is 43.3. The van der Waals surface area contributed by atoms with Gasteiger partial charge >= 0.3 is 11.9 Å². The lowest BCUT2D eigenvalue weighted by Crippen LogP contribution is -2.71. The molecule has 13 nitrogen and oxygen atoms in total. The molecule has 0 bridgehead atoms. The molecule has 0 spiro atoms. The van der Waals surface area contributed by atoms with Crippen molar-refractivity contribution in [1.82, 2.24) is 9.80 Å². The summed E-state index contributed by atoms with van der Waals surface area (Å²) in [5.74, 6) is -4.84. The van der Waals surface area contributed by atoms with E-state index in [-0.39, 0.29) is 5.48 Å². The Bertz CT molecular complexity index is 1960. The minimum absolute atomic E-state index is 0. The zero-order valence-electron chi connectivity index (χ0n) is 34.8. The summed E-state index contributed by atoms with van der Waals surface area (Å²) in [5, 5.41) is 39.9. The van der Waals surface area contributed by atoms with Crippen LogP contribution in [-0.4, -0.2) is 109 Å². The van der Waals surface area contributed by atoms with E-state index in [0.29, 0.717) is 23.8 Å². The van der Waals surface area contributed by atoms with Crippen LogP contribution in [0.4, 0.5) is 0 Å². The van der Waals surface area contributed by atoms with Crippen molar-refractivity contribution in [3.63, 3.8) is 0 Å². The van der Waals surface area contributed by atoms with Crippen LogP contribution >= 0.6 is 0 Å². The van der Waals surface area contributed by atoms with Gasteiger partial charge in [0.05, 0.1) is 0 Å². The van der Waals surface area contributed by atoms with Crippen LogP contribution < -0.4 is 4.74 Å². The monoisotopic (exact) mass is 838 g/mol. The van der Waals surface area contributed by atoms with Gasteiger partial charge in [-0.2, -0.15) is 0 Å². The average molecular weight is 839 g/mol. The average Bonchev–Trinajstić information content (AvgIpc) is 3.29. The van der Waals surface area contributed by atoms with Gasteiger partial charge in [-0.25, -0.2) is 9.59 Å². The van der Waals surface area contributed by atoms with Gasteiger partial charge < -0.3 is 40.4 Å². The van der Waals surface area contributed by atoms with Crippen LogP contribution in [0, 0.1) is 11.8 Å². The molecular formula is C48H58N2O11. The maximum absolute atomic E-state index is 12.9. The van der Waals surface area contributed by atoms with Crippen molar-refractivity contribution in [2.24, 2.45) is 11.8 Å². The number of rotatable bonds is 16. The Kier molecular flexibility index (Phi) is 17.5. The van der Waals surface area contributed by atoms with Gasteiger partial charge in [0.1, 0.15) is 11.5 Å². The molecule has 2 aliphatic rings. The lowest BCUT2D eigenvalue weighted by Gasteiger charge is -2.38. The molecule has 4 aromatic rings. The van der Waals surface area contributed by atoms with Gasteiger partial charge in [0.25, 0.3) is 11.2 Å². The molecule has 0 radical (unpaired) electrons. The maximum atomic E-state index is 12.9. The van der Waals surface area contributed by atoms with Crippen molar-refractivity contribution < 1.29 is 54.6 Å². The molecule has 1 heterocycles. The standard InChI is InChI=1S/C30H42N2O2.C18H14O8.H2O/c1-3-31(23-26-18-20-32(21-19-26)30(33)27-10-6-4-7-11-27)24(2)22-25-14-16-29(17-15-25)34-28-12-8-5-9-13-28;19-13(11-7-3-1-4-8-11)17(25,15(21)22)18(26,16(23)24)14(20)12-9-5-2-6-10-12;/h5,8-9,12-17,24,26-27H,3-4,6-7,10-11,18-23H2,1-2H3;1-10,25-26H,(H,21,22)(H,23,24);1H2. The number of benzene rings is 4. The number of amides is 1. The molecule has 6 N–H and O–H groups in total. The van der Waals surface area contributed by atoms with Crippen molar-refractivity contribution in [3.8, 4) is 11.5 Å². The number of carbonyl (C=O) groups is 5. The fraction of sp³-hybridized carbons (Fsp3) is 0.396. The van der Waals surface area contributed by atoms with E-state index in [9.17, 15) is 44.4 Å². The highest BCUT2D eigenvalue weighted by Crippen LogP contribution is 2.32. The number of aliphatic carboxylic acids is 2. The molecule has 1 aliphatic carbocycles. The number of carboxylic acids is 2. The van der Waals surface area contributed by atoms with Gasteiger partial charge in [-0.3, -0.25) is 14.4 Å². The van der Waals surface area contributed by atoms with Gasteiger partial charge in [0.15, 0.2) is 0 Å². The number of hydrogen-bond acceptors (Lipinski definition) is 9. The third-order valence-electron chi connectivity index (χ3n) is 11.7. The highest BCUT2D eigenvalue weighted by atomic mass is 16.5. The highest BCUT2D eigenvalue weighted by Gasteiger charge is 2.69. The summed E-state index contributed by atoms with van der Waals surface area (Å²) >= 11 is 0. The summed E-state index contributed by atoms with van der Waals surface area (Å²) in [6, 6.07) is 31.8. The second-order valence-corrected chi connectivity index (χ2v) is 15.7.